The molecule has 19 heavy (non-hydrogen) atoms. The van der Waals surface area contributed by atoms with Crippen molar-refractivity contribution in [1.29, 1.82) is 0 Å². The summed E-state index contributed by atoms with van der Waals surface area (Å²) in [5.41, 5.74) is -0.147. The topological polar surface area (TPSA) is 24.9 Å². The van der Waals surface area contributed by atoms with E-state index in [0.29, 0.717) is 5.56 Å². The largest absolute Gasteiger partial charge is 0.416 e. The quantitative estimate of drug-likeness (QED) is 0.906. The number of rotatable bonds is 4. The van der Waals surface area contributed by atoms with Crippen molar-refractivity contribution in [3.05, 3.63) is 29.6 Å². The molecule has 1 fully saturated rings. The van der Waals surface area contributed by atoms with Crippen LogP contribution in [0, 0.1) is 5.92 Å². The van der Waals surface area contributed by atoms with E-state index >= 15 is 0 Å². The number of alkyl halides is 3. The molecule has 1 aromatic heterocycles. The number of halogens is 3. The van der Waals surface area contributed by atoms with Crippen molar-refractivity contribution >= 4 is 0 Å². The molecule has 1 saturated carbocycles. The summed E-state index contributed by atoms with van der Waals surface area (Å²) >= 11 is 0. The molecule has 1 N–H and O–H groups in total. The van der Waals surface area contributed by atoms with Gasteiger partial charge in [0.05, 0.1) is 5.56 Å². The molecular weight excluding hydrogens is 253 g/mol. The average Bonchev–Trinajstić information content (AvgIpc) is 2.83. The molecule has 0 radical (unpaired) electrons. The van der Waals surface area contributed by atoms with Crippen molar-refractivity contribution in [2.24, 2.45) is 5.92 Å². The highest BCUT2D eigenvalue weighted by Gasteiger charge is 2.38. The lowest BCUT2D eigenvalue weighted by Gasteiger charge is -2.23. The molecule has 0 saturated heterocycles. The molecule has 0 aliphatic heterocycles. The Labute approximate surface area is 111 Å². The van der Waals surface area contributed by atoms with E-state index in [1.54, 1.807) is 0 Å². The van der Waals surface area contributed by atoms with E-state index in [0.717, 1.165) is 38.4 Å². The van der Waals surface area contributed by atoms with Gasteiger partial charge in [0.15, 0.2) is 0 Å². The molecule has 2 unspecified atom stereocenters. The molecule has 106 valence electrons. The van der Waals surface area contributed by atoms with Gasteiger partial charge in [-0.1, -0.05) is 13.3 Å². The lowest BCUT2D eigenvalue weighted by Crippen LogP contribution is -2.25. The van der Waals surface area contributed by atoms with Gasteiger partial charge in [0.1, 0.15) is 0 Å². The van der Waals surface area contributed by atoms with E-state index in [4.69, 9.17) is 0 Å². The van der Waals surface area contributed by atoms with Crippen molar-refractivity contribution < 1.29 is 13.2 Å². The monoisotopic (exact) mass is 272 g/mol. The summed E-state index contributed by atoms with van der Waals surface area (Å²) in [5.74, 6) is 0.259. The Bertz CT molecular complexity index is 417. The molecule has 1 aromatic rings. The number of hydrogen-bond donors (Lipinski definition) is 1. The molecule has 0 spiro atoms. The Balaban J connectivity index is 2.25. The summed E-state index contributed by atoms with van der Waals surface area (Å²) in [6.07, 6.45) is 1.14. The van der Waals surface area contributed by atoms with Gasteiger partial charge in [0.2, 0.25) is 0 Å². The number of aromatic nitrogens is 1. The Morgan fingerprint density at radius 2 is 2.16 bits per heavy atom. The van der Waals surface area contributed by atoms with Gasteiger partial charge in [-0.15, -0.1) is 0 Å². The molecule has 2 rings (SSSR count). The van der Waals surface area contributed by atoms with Crippen molar-refractivity contribution in [3.63, 3.8) is 0 Å². The van der Waals surface area contributed by atoms with E-state index in [1.807, 2.05) is 6.92 Å². The van der Waals surface area contributed by atoms with Crippen molar-refractivity contribution in [3.8, 4) is 0 Å². The first kappa shape index (κ1) is 14.3. The van der Waals surface area contributed by atoms with Crippen LogP contribution in [-0.2, 0) is 6.18 Å². The molecule has 2 atom stereocenters. The van der Waals surface area contributed by atoms with Gasteiger partial charge in [-0.05, 0) is 49.4 Å². The molecule has 1 aliphatic carbocycles. The standard InChI is InChI=1S/C14H19F3N2/c1-2-18-8-10-4-3-5-11(10)12-9-19-7-6-13(12)14(15,16)17/h6-7,9-11,18H,2-5,8H2,1H3. The third kappa shape index (κ3) is 3.26. The minimum absolute atomic E-state index is 0.0237. The third-order valence-electron chi connectivity index (χ3n) is 3.87. The fraction of sp³-hybridized carbons (Fsp3) is 0.643. The van der Waals surface area contributed by atoms with Gasteiger partial charge >= 0.3 is 6.18 Å². The predicted octanol–water partition coefficient (Wildman–Crippen LogP) is 3.59. The van der Waals surface area contributed by atoms with Gasteiger partial charge in [-0.2, -0.15) is 13.2 Å². The van der Waals surface area contributed by atoms with E-state index in [9.17, 15) is 13.2 Å². The summed E-state index contributed by atoms with van der Waals surface area (Å²) < 4.78 is 39.1. The molecule has 0 amide bonds. The number of nitrogens with zero attached hydrogens (tertiary/aromatic N) is 1. The minimum Gasteiger partial charge on any atom is -0.317 e. The van der Waals surface area contributed by atoms with E-state index in [2.05, 4.69) is 10.3 Å². The maximum Gasteiger partial charge on any atom is 0.416 e. The first-order valence-electron chi connectivity index (χ1n) is 6.75. The first-order chi connectivity index (χ1) is 9.04. The van der Waals surface area contributed by atoms with Crippen molar-refractivity contribution in [1.82, 2.24) is 10.3 Å². The van der Waals surface area contributed by atoms with Crippen LogP contribution in [0.25, 0.3) is 0 Å². The van der Waals surface area contributed by atoms with Crippen LogP contribution in [0.1, 0.15) is 43.2 Å². The molecule has 0 bridgehead atoms. The zero-order valence-electron chi connectivity index (χ0n) is 11.0. The lowest BCUT2D eigenvalue weighted by atomic mass is 9.87. The van der Waals surface area contributed by atoms with E-state index in [1.165, 1.54) is 12.4 Å². The zero-order chi connectivity index (χ0) is 13.9. The summed E-state index contributed by atoms with van der Waals surface area (Å²) in [6.45, 7) is 3.64. The average molecular weight is 272 g/mol. The number of pyridine rings is 1. The highest BCUT2D eigenvalue weighted by atomic mass is 19.4. The fourth-order valence-electron chi connectivity index (χ4n) is 2.98. The van der Waals surface area contributed by atoms with Crippen LogP contribution < -0.4 is 5.32 Å². The Morgan fingerprint density at radius 1 is 1.37 bits per heavy atom. The molecular formula is C14H19F3N2. The SMILES string of the molecule is CCNCC1CCCC1c1cnccc1C(F)(F)F. The highest BCUT2D eigenvalue weighted by molar-refractivity contribution is 5.31. The number of hydrogen-bond acceptors (Lipinski definition) is 2. The summed E-state index contributed by atoms with van der Waals surface area (Å²) in [7, 11) is 0. The maximum atomic E-state index is 13.0. The fourth-order valence-corrected chi connectivity index (χ4v) is 2.98. The van der Waals surface area contributed by atoms with Gasteiger partial charge < -0.3 is 5.32 Å². The molecule has 1 heterocycles. The Kier molecular flexibility index (Phi) is 4.45. The van der Waals surface area contributed by atoms with Crippen LogP contribution in [-0.4, -0.2) is 18.1 Å². The summed E-state index contributed by atoms with van der Waals surface area (Å²) in [6, 6.07) is 1.10. The van der Waals surface area contributed by atoms with Crippen molar-refractivity contribution in [2.45, 2.75) is 38.3 Å². The molecule has 5 heteroatoms. The smallest absolute Gasteiger partial charge is 0.317 e. The van der Waals surface area contributed by atoms with E-state index in [-0.39, 0.29) is 11.8 Å². The molecule has 0 aromatic carbocycles. The summed E-state index contributed by atoms with van der Waals surface area (Å²) in [4.78, 5) is 3.90. The lowest BCUT2D eigenvalue weighted by molar-refractivity contribution is -0.138. The maximum absolute atomic E-state index is 13.0. The van der Waals surface area contributed by atoms with Gasteiger partial charge in [-0.3, -0.25) is 4.98 Å². The normalized spacial score (nSPS) is 23.8. The Morgan fingerprint density at radius 3 is 2.84 bits per heavy atom. The van der Waals surface area contributed by atoms with Crippen LogP contribution in [0.3, 0.4) is 0 Å². The highest BCUT2D eigenvalue weighted by Crippen LogP contribution is 2.43. The van der Waals surface area contributed by atoms with Crippen LogP contribution in [0.2, 0.25) is 0 Å². The minimum atomic E-state index is -4.29. The zero-order valence-corrected chi connectivity index (χ0v) is 11.0. The van der Waals surface area contributed by atoms with Crippen LogP contribution >= 0.6 is 0 Å². The second-order valence-corrected chi connectivity index (χ2v) is 5.07. The van der Waals surface area contributed by atoms with Crippen LogP contribution in [0.4, 0.5) is 13.2 Å². The number of nitrogens with one attached hydrogen (secondary N) is 1. The van der Waals surface area contributed by atoms with Gasteiger partial charge in [-0.25, -0.2) is 0 Å². The third-order valence-corrected chi connectivity index (χ3v) is 3.87. The second-order valence-electron chi connectivity index (χ2n) is 5.07. The van der Waals surface area contributed by atoms with Crippen LogP contribution in [0.5, 0.6) is 0 Å². The predicted molar refractivity (Wildman–Crippen MR) is 67.9 cm³/mol. The Hall–Kier alpha value is -1.10. The van der Waals surface area contributed by atoms with E-state index < -0.39 is 11.7 Å². The summed E-state index contributed by atoms with van der Waals surface area (Å²) in [5, 5.41) is 3.25. The first-order valence-corrected chi connectivity index (χ1v) is 6.75. The molecule has 2 nitrogen and oxygen atoms in total. The van der Waals surface area contributed by atoms with Crippen molar-refractivity contribution in [2.75, 3.05) is 13.1 Å². The molecule has 1 aliphatic rings. The van der Waals surface area contributed by atoms with Gasteiger partial charge in [0, 0.05) is 12.4 Å². The van der Waals surface area contributed by atoms with Gasteiger partial charge in [0.25, 0.3) is 0 Å². The van der Waals surface area contributed by atoms with Crippen LogP contribution in [0.15, 0.2) is 18.5 Å². The second kappa shape index (κ2) is 5.90.